The van der Waals surface area contributed by atoms with Crippen molar-refractivity contribution in [3.8, 4) is 17.0 Å². The van der Waals surface area contributed by atoms with Crippen molar-refractivity contribution in [2.75, 3.05) is 5.32 Å². The van der Waals surface area contributed by atoms with Gasteiger partial charge in [0.05, 0.1) is 22.5 Å². The van der Waals surface area contributed by atoms with Crippen molar-refractivity contribution in [2.24, 2.45) is 0 Å². The Labute approximate surface area is 147 Å². The average Bonchev–Trinajstić information content (AvgIpc) is 3.24. The molecule has 3 aromatic heterocycles. The van der Waals surface area contributed by atoms with E-state index in [2.05, 4.69) is 15.3 Å². The molecule has 6 nitrogen and oxygen atoms in total. The lowest BCUT2D eigenvalue weighted by Crippen LogP contribution is -2.12. The molecule has 0 radical (unpaired) electrons. The maximum Gasteiger partial charge on any atom is 0.266 e. The Balaban J connectivity index is 1.76. The van der Waals surface area contributed by atoms with Gasteiger partial charge in [-0.05, 0) is 42.6 Å². The fourth-order valence-electron chi connectivity index (χ4n) is 2.58. The molecule has 2 N–H and O–H groups in total. The van der Waals surface area contributed by atoms with Gasteiger partial charge in [-0.25, -0.2) is 4.98 Å². The number of thiophene rings is 1. The summed E-state index contributed by atoms with van der Waals surface area (Å²) in [6.45, 7) is 1.84. The molecule has 25 heavy (non-hydrogen) atoms. The number of aryl methyl sites for hydroxylation is 1. The quantitative estimate of drug-likeness (QED) is 0.590. The predicted molar refractivity (Wildman–Crippen MR) is 97.1 cm³/mol. The summed E-state index contributed by atoms with van der Waals surface area (Å²) in [6.07, 6.45) is 3.49. The smallest absolute Gasteiger partial charge is 0.266 e. The number of rotatable bonds is 3. The molecule has 0 fully saturated rings. The number of fused-ring (bicyclic) bond motifs is 1. The lowest BCUT2D eigenvalue weighted by atomic mass is 10.1. The van der Waals surface area contributed by atoms with Gasteiger partial charge < -0.3 is 10.4 Å². The van der Waals surface area contributed by atoms with Crippen LogP contribution in [0.1, 0.15) is 15.4 Å². The predicted octanol–water partition coefficient (Wildman–Crippen LogP) is 3.72. The lowest BCUT2D eigenvalue weighted by Gasteiger charge is -2.07. The summed E-state index contributed by atoms with van der Waals surface area (Å²) in [5, 5.41) is 14.2. The molecule has 0 saturated heterocycles. The van der Waals surface area contributed by atoms with Crippen LogP contribution in [-0.2, 0) is 0 Å². The summed E-state index contributed by atoms with van der Waals surface area (Å²) in [7, 11) is 0. The fourth-order valence-corrected chi connectivity index (χ4v) is 3.20. The van der Waals surface area contributed by atoms with Crippen LogP contribution in [0.3, 0.4) is 0 Å². The average molecular weight is 350 g/mol. The Morgan fingerprint density at radius 1 is 1.24 bits per heavy atom. The summed E-state index contributed by atoms with van der Waals surface area (Å²) in [5.41, 5.74) is 2.95. The molecule has 1 amide bonds. The van der Waals surface area contributed by atoms with E-state index in [1.807, 2.05) is 29.0 Å². The maximum absolute atomic E-state index is 12.4. The number of phenolic OH excluding ortho intramolecular Hbond substituents is 1. The van der Waals surface area contributed by atoms with Crippen LogP contribution in [0.2, 0.25) is 0 Å². The van der Waals surface area contributed by atoms with E-state index in [0.717, 1.165) is 17.0 Å². The Kier molecular flexibility index (Phi) is 3.70. The molecule has 7 heteroatoms. The first kappa shape index (κ1) is 15.3. The number of imidazole rings is 1. The highest BCUT2D eigenvalue weighted by molar-refractivity contribution is 7.12. The lowest BCUT2D eigenvalue weighted by molar-refractivity contribution is 0.103. The zero-order valence-corrected chi connectivity index (χ0v) is 14.1. The maximum atomic E-state index is 12.4. The van der Waals surface area contributed by atoms with E-state index in [-0.39, 0.29) is 11.7 Å². The van der Waals surface area contributed by atoms with Crippen molar-refractivity contribution in [3.63, 3.8) is 0 Å². The molecule has 0 aliphatic carbocycles. The van der Waals surface area contributed by atoms with Crippen LogP contribution < -0.4 is 5.32 Å². The number of benzene rings is 1. The van der Waals surface area contributed by atoms with Gasteiger partial charge in [0, 0.05) is 11.8 Å². The van der Waals surface area contributed by atoms with Gasteiger partial charge in [-0.2, -0.15) is 0 Å². The second-order valence-electron chi connectivity index (χ2n) is 5.52. The third-order valence-electron chi connectivity index (χ3n) is 3.82. The van der Waals surface area contributed by atoms with Gasteiger partial charge in [-0.3, -0.25) is 14.2 Å². The SMILES string of the molecule is Cc1nc2cnc(-c3ccc(O)cc3)cn2c1NC(=O)c1cccs1. The Bertz CT molecular complexity index is 1050. The van der Waals surface area contributed by atoms with Gasteiger partial charge in [0.15, 0.2) is 5.65 Å². The zero-order valence-electron chi connectivity index (χ0n) is 13.3. The van der Waals surface area contributed by atoms with Crippen molar-refractivity contribution >= 4 is 28.7 Å². The van der Waals surface area contributed by atoms with Crippen LogP contribution in [0, 0.1) is 6.92 Å². The van der Waals surface area contributed by atoms with Gasteiger partial charge >= 0.3 is 0 Å². The van der Waals surface area contributed by atoms with Gasteiger partial charge in [0.1, 0.15) is 11.6 Å². The number of nitrogens with zero attached hydrogens (tertiary/aromatic N) is 3. The minimum absolute atomic E-state index is 0.164. The first-order valence-corrected chi connectivity index (χ1v) is 8.49. The van der Waals surface area contributed by atoms with E-state index < -0.39 is 0 Å². The highest BCUT2D eigenvalue weighted by atomic mass is 32.1. The van der Waals surface area contributed by atoms with Crippen molar-refractivity contribution in [1.82, 2.24) is 14.4 Å². The molecule has 0 atom stereocenters. The molecule has 0 saturated carbocycles. The molecule has 124 valence electrons. The van der Waals surface area contributed by atoms with Crippen LogP contribution in [0.25, 0.3) is 16.9 Å². The second-order valence-corrected chi connectivity index (χ2v) is 6.47. The molecular formula is C18H14N4O2S. The summed E-state index contributed by atoms with van der Waals surface area (Å²) in [5.74, 6) is 0.658. The van der Waals surface area contributed by atoms with E-state index in [9.17, 15) is 9.90 Å². The number of hydrogen-bond acceptors (Lipinski definition) is 5. The number of nitrogens with one attached hydrogen (secondary N) is 1. The topological polar surface area (TPSA) is 79.5 Å². The van der Waals surface area contributed by atoms with Gasteiger partial charge in [-0.15, -0.1) is 11.3 Å². The van der Waals surface area contributed by atoms with Crippen molar-refractivity contribution in [1.29, 1.82) is 0 Å². The molecule has 4 aromatic rings. The molecular weight excluding hydrogens is 336 g/mol. The van der Waals surface area contributed by atoms with Crippen molar-refractivity contribution < 1.29 is 9.90 Å². The van der Waals surface area contributed by atoms with Gasteiger partial charge in [0.2, 0.25) is 0 Å². The molecule has 0 spiro atoms. The third-order valence-corrected chi connectivity index (χ3v) is 4.69. The Morgan fingerprint density at radius 3 is 2.76 bits per heavy atom. The van der Waals surface area contributed by atoms with Crippen LogP contribution in [0.4, 0.5) is 5.82 Å². The monoisotopic (exact) mass is 350 g/mol. The molecule has 0 aliphatic heterocycles. The number of aromatic hydroxyl groups is 1. The molecule has 0 unspecified atom stereocenters. The minimum Gasteiger partial charge on any atom is -0.508 e. The highest BCUT2D eigenvalue weighted by Crippen LogP contribution is 2.24. The van der Waals surface area contributed by atoms with Gasteiger partial charge in [0.25, 0.3) is 5.91 Å². The summed E-state index contributed by atoms with van der Waals surface area (Å²) >= 11 is 1.39. The van der Waals surface area contributed by atoms with Crippen molar-refractivity contribution in [3.05, 3.63) is 64.7 Å². The van der Waals surface area contributed by atoms with Crippen LogP contribution in [0.5, 0.6) is 5.75 Å². The van der Waals surface area contributed by atoms with Crippen molar-refractivity contribution in [2.45, 2.75) is 6.92 Å². The molecule has 3 heterocycles. The van der Waals surface area contributed by atoms with E-state index >= 15 is 0 Å². The number of anilines is 1. The highest BCUT2D eigenvalue weighted by Gasteiger charge is 2.15. The number of carbonyl (C=O) groups excluding carboxylic acids is 1. The Morgan fingerprint density at radius 2 is 2.04 bits per heavy atom. The minimum atomic E-state index is -0.164. The number of phenols is 1. The number of amides is 1. The zero-order chi connectivity index (χ0) is 17.4. The standard InChI is InChI=1S/C18H14N4O2S/c1-11-17(21-18(24)15-3-2-8-25-15)22-10-14(19-9-16(22)20-11)12-4-6-13(23)7-5-12/h2-10,23H,1H3,(H,21,24). The van der Waals surface area contributed by atoms with E-state index in [4.69, 9.17) is 0 Å². The third kappa shape index (κ3) is 2.85. The van der Waals surface area contributed by atoms with Crippen LogP contribution >= 0.6 is 11.3 Å². The fraction of sp³-hybridized carbons (Fsp3) is 0.0556. The van der Waals surface area contributed by atoms with E-state index in [1.165, 1.54) is 11.3 Å². The van der Waals surface area contributed by atoms with Gasteiger partial charge in [-0.1, -0.05) is 6.07 Å². The normalized spacial score (nSPS) is 10.9. The van der Waals surface area contributed by atoms with E-state index in [1.54, 1.807) is 36.5 Å². The molecule has 1 aromatic carbocycles. The largest absolute Gasteiger partial charge is 0.508 e. The first-order chi connectivity index (χ1) is 12.1. The van der Waals surface area contributed by atoms with Crippen LogP contribution in [-0.4, -0.2) is 25.4 Å². The number of carbonyl (C=O) groups is 1. The first-order valence-electron chi connectivity index (χ1n) is 7.61. The Hall–Kier alpha value is -3.19. The number of aromatic nitrogens is 3. The van der Waals surface area contributed by atoms with E-state index in [0.29, 0.717) is 16.3 Å². The number of hydrogen-bond donors (Lipinski definition) is 2. The molecule has 0 bridgehead atoms. The summed E-state index contributed by atoms with van der Waals surface area (Å²) in [6, 6.07) is 10.4. The van der Waals surface area contributed by atoms with Crippen LogP contribution in [0.15, 0.2) is 54.2 Å². The second kappa shape index (κ2) is 6.03. The summed E-state index contributed by atoms with van der Waals surface area (Å²) < 4.78 is 1.82. The molecule has 0 aliphatic rings. The summed E-state index contributed by atoms with van der Waals surface area (Å²) in [4.78, 5) is 21.9. The molecule has 4 rings (SSSR count).